The number of fused-ring (bicyclic) bond motifs is 1. The zero-order chi connectivity index (χ0) is 19.3. The van der Waals surface area contributed by atoms with Crippen LogP contribution >= 0.6 is 0 Å². The van der Waals surface area contributed by atoms with E-state index in [1.807, 2.05) is 24.3 Å². The van der Waals surface area contributed by atoms with Gasteiger partial charge in [0.05, 0.1) is 12.8 Å². The molecule has 0 fully saturated rings. The van der Waals surface area contributed by atoms with Crippen LogP contribution in [0.4, 0.5) is 5.69 Å². The van der Waals surface area contributed by atoms with Gasteiger partial charge in [-0.1, -0.05) is 18.2 Å². The Balaban J connectivity index is 1.34. The second kappa shape index (κ2) is 7.95. The van der Waals surface area contributed by atoms with Gasteiger partial charge < -0.3 is 20.4 Å². The van der Waals surface area contributed by atoms with E-state index in [9.17, 15) is 4.79 Å². The highest BCUT2D eigenvalue weighted by molar-refractivity contribution is 5.94. The topological polar surface area (TPSA) is 120 Å². The molecule has 4 N–H and O–H groups in total. The Labute approximate surface area is 161 Å². The van der Waals surface area contributed by atoms with Crippen LogP contribution in [0.2, 0.25) is 0 Å². The van der Waals surface area contributed by atoms with Crippen LogP contribution in [0.3, 0.4) is 0 Å². The highest BCUT2D eigenvalue weighted by Crippen LogP contribution is 2.31. The molecule has 9 nitrogen and oxygen atoms in total. The molecular formula is C19H21N7O2. The molecule has 1 unspecified atom stereocenters. The number of guanidine groups is 1. The molecule has 0 spiro atoms. The molecule has 1 amide bonds. The van der Waals surface area contributed by atoms with Gasteiger partial charge in [-0.3, -0.25) is 14.9 Å². The average molecular weight is 379 g/mol. The lowest BCUT2D eigenvalue weighted by Gasteiger charge is -2.26. The van der Waals surface area contributed by atoms with Crippen molar-refractivity contribution in [2.75, 3.05) is 18.9 Å². The summed E-state index contributed by atoms with van der Waals surface area (Å²) in [5.41, 5.74) is 2.00. The van der Waals surface area contributed by atoms with E-state index in [1.54, 1.807) is 25.4 Å². The van der Waals surface area contributed by atoms with Crippen molar-refractivity contribution in [3.8, 4) is 11.6 Å². The molecular weight excluding hydrogens is 358 g/mol. The number of aromatic amines is 1. The Morgan fingerprint density at radius 2 is 2.18 bits per heavy atom. The van der Waals surface area contributed by atoms with Crippen molar-refractivity contribution in [3.05, 3.63) is 54.0 Å². The summed E-state index contributed by atoms with van der Waals surface area (Å²) in [7, 11) is 1.70. The predicted octanol–water partition coefficient (Wildman–Crippen LogP) is 1.86. The lowest BCUT2D eigenvalue weighted by molar-refractivity contribution is -0.116. The highest BCUT2D eigenvalue weighted by atomic mass is 16.3. The van der Waals surface area contributed by atoms with Crippen molar-refractivity contribution < 1.29 is 9.21 Å². The maximum absolute atomic E-state index is 11.9. The van der Waals surface area contributed by atoms with Crippen LogP contribution in [0.25, 0.3) is 11.6 Å². The number of hydrogen-bond acceptors (Lipinski definition) is 5. The normalized spacial score (nSPS) is 16.4. The fourth-order valence-electron chi connectivity index (χ4n) is 3.18. The van der Waals surface area contributed by atoms with Crippen molar-refractivity contribution in [2.45, 2.75) is 18.9 Å². The number of nitrogens with one attached hydrogen (secondary N) is 4. The molecule has 28 heavy (non-hydrogen) atoms. The monoisotopic (exact) mass is 379 g/mol. The van der Waals surface area contributed by atoms with Gasteiger partial charge in [-0.15, -0.1) is 5.10 Å². The number of furan rings is 1. The van der Waals surface area contributed by atoms with Crippen LogP contribution in [-0.2, 0) is 11.3 Å². The van der Waals surface area contributed by atoms with E-state index < -0.39 is 0 Å². The predicted molar refractivity (Wildman–Crippen MR) is 105 cm³/mol. The van der Waals surface area contributed by atoms with E-state index in [1.165, 1.54) is 0 Å². The highest BCUT2D eigenvalue weighted by Gasteiger charge is 2.24. The van der Waals surface area contributed by atoms with Gasteiger partial charge in [-0.2, -0.15) is 0 Å². The van der Waals surface area contributed by atoms with Crippen molar-refractivity contribution in [1.82, 2.24) is 25.8 Å². The summed E-state index contributed by atoms with van der Waals surface area (Å²) >= 11 is 0. The van der Waals surface area contributed by atoms with Gasteiger partial charge in [0.1, 0.15) is 5.82 Å². The second-order valence-corrected chi connectivity index (χ2v) is 6.43. The Morgan fingerprint density at radius 1 is 1.29 bits per heavy atom. The molecule has 2 aromatic heterocycles. The Hall–Kier alpha value is -3.62. The molecule has 3 heterocycles. The van der Waals surface area contributed by atoms with Crippen LogP contribution in [0.5, 0.6) is 0 Å². The van der Waals surface area contributed by atoms with Gasteiger partial charge in [0.2, 0.25) is 11.7 Å². The molecule has 0 radical (unpaired) electrons. The Kier molecular flexibility index (Phi) is 5.05. The van der Waals surface area contributed by atoms with Crippen LogP contribution in [0.15, 0.2) is 52.1 Å². The maximum atomic E-state index is 11.9. The molecule has 9 heteroatoms. The molecule has 3 aromatic rings. The van der Waals surface area contributed by atoms with Crippen molar-refractivity contribution in [2.24, 2.45) is 4.99 Å². The summed E-state index contributed by atoms with van der Waals surface area (Å²) < 4.78 is 5.29. The summed E-state index contributed by atoms with van der Waals surface area (Å²) in [6, 6.07) is 11.5. The van der Waals surface area contributed by atoms with Crippen LogP contribution in [0, 0.1) is 0 Å². The van der Waals surface area contributed by atoms with Gasteiger partial charge in [0, 0.05) is 31.6 Å². The minimum Gasteiger partial charge on any atom is -0.461 e. The summed E-state index contributed by atoms with van der Waals surface area (Å²) in [4.78, 5) is 20.6. The second-order valence-electron chi connectivity index (χ2n) is 6.43. The molecule has 1 aliphatic heterocycles. The number of hydrogen-bond donors (Lipinski definition) is 4. The Bertz CT molecular complexity index is 978. The van der Waals surface area contributed by atoms with Gasteiger partial charge in [-0.25, -0.2) is 4.98 Å². The molecule has 144 valence electrons. The van der Waals surface area contributed by atoms with Gasteiger partial charge in [-0.05, 0) is 23.8 Å². The largest absolute Gasteiger partial charge is 0.461 e. The van der Waals surface area contributed by atoms with Crippen LogP contribution in [0.1, 0.15) is 23.7 Å². The number of carbonyl (C=O) groups is 1. The van der Waals surface area contributed by atoms with Crippen LogP contribution in [-0.4, -0.2) is 40.6 Å². The first-order valence-electron chi connectivity index (χ1n) is 9.01. The third-order valence-electron chi connectivity index (χ3n) is 4.54. The van der Waals surface area contributed by atoms with Crippen molar-refractivity contribution in [3.63, 3.8) is 0 Å². The fraction of sp³-hybridized carbons (Fsp3) is 0.263. The first-order chi connectivity index (χ1) is 13.7. The Morgan fingerprint density at radius 3 is 3.00 bits per heavy atom. The molecule has 1 aromatic carbocycles. The summed E-state index contributed by atoms with van der Waals surface area (Å²) in [5.74, 6) is 2.52. The standard InChI is InChI=1S/C19H21N7O2/c1-20-19(22-11-16-24-18(26-25-16)15-7-4-8-28-15)21-10-12-9-17(27)23-14-6-3-2-5-13(12)14/h2-8,12H,9-11H2,1H3,(H,23,27)(H2,20,21,22)(H,24,25,26). The molecule has 0 saturated heterocycles. The number of para-hydroxylation sites is 1. The number of anilines is 1. The van der Waals surface area contributed by atoms with Gasteiger partial charge >= 0.3 is 0 Å². The maximum Gasteiger partial charge on any atom is 0.225 e. The van der Waals surface area contributed by atoms with E-state index in [0.717, 1.165) is 11.3 Å². The third-order valence-corrected chi connectivity index (χ3v) is 4.54. The quantitative estimate of drug-likeness (QED) is 0.397. The lowest BCUT2D eigenvalue weighted by atomic mass is 9.90. The number of H-pyrrole nitrogens is 1. The number of aliphatic imine (C=N–C) groups is 1. The first-order valence-corrected chi connectivity index (χ1v) is 9.01. The van der Waals surface area contributed by atoms with Crippen LogP contribution < -0.4 is 16.0 Å². The summed E-state index contributed by atoms with van der Waals surface area (Å²) in [6.07, 6.45) is 2.02. The number of nitrogens with zero attached hydrogens (tertiary/aromatic N) is 3. The molecule has 0 bridgehead atoms. The third kappa shape index (κ3) is 3.88. The zero-order valence-electron chi connectivity index (χ0n) is 15.4. The number of aromatic nitrogens is 3. The minimum atomic E-state index is 0.0283. The number of rotatable bonds is 5. The summed E-state index contributed by atoms with van der Waals surface area (Å²) in [6.45, 7) is 1.02. The minimum absolute atomic E-state index is 0.0283. The lowest BCUT2D eigenvalue weighted by Crippen LogP contribution is -2.40. The van der Waals surface area contributed by atoms with E-state index in [2.05, 4.69) is 36.1 Å². The number of amides is 1. The molecule has 1 aliphatic rings. The molecule has 0 saturated carbocycles. The van der Waals surface area contributed by atoms with E-state index in [4.69, 9.17) is 4.42 Å². The molecule has 0 aliphatic carbocycles. The van der Waals surface area contributed by atoms with Gasteiger partial charge in [0.15, 0.2) is 11.7 Å². The number of benzene rings is 1. The van der Waals surface area contributed by atoms with Crippen molar-refractivity contribution >= 4 is 17.6 Å². The van der Waals surface area contributed by atoms with E-state index in [-0.39, 0.29) is 11.8 Å². The SMILES string of the molecule is CN=C(NCc1nc(-c2ccco2)n[nH]1)NCC1CC(=O)Nc2ccccc21. The first kappa shape index (κ1) is 17.8. The zero-order valence-corrected chi connectivity index (χ0v) is 15.4. The summed E-state index contributed by atoms with van der Waals surface area (Å²) in [5, 5.41) is 16.4. The fourth-order valence-corrected chi connectivity index (χ4v) is 3.18. The molecule has 1 atom stereocenters. The molecule has 4 rings (SSSR count). The van der Waals surface area contributed by atoms with E-state index >= 15 is 0 Å². The van der Waals surface area contributed by atoms with E-state index in [0.29, 0.717) is 42.9 Å². The average Bonchev–Trinajstić information content (AvgIpc) is 3.39. The van der Waals surface area contributed by atoms with Gasteiger partial charge in [0.25, 0.3) is 0 Å². The number of carbonyl (C=O) groups excluding carboxylic acids is 1. The van der Waals surface area contributed by atoms with Crippen molar-refractivity contribution in [1.29, 1.82) is 0 Å². The smallest absolute Gasteiger partial charge is 0.225 e.